The molecule has 1 aromatic carbocycles. The van der Waals surface area contributed by atoms with Crippen molar-refractivity contribution in [2.45, 2.75) is 4.90 Å². The molecule has 3 N–H and O–H groups in total. The number of hydrogen-bond donors (Lipinski definition) is 2. The highest BCUT2D eigenvalue weighted by molar-refractivity contribution is 7.90. The molecular weight excluding hydrogens is 263 g/mol. The molecule has 1 heterocycles. The number of aromatic nitrogens is 1. The van der Waals surface area contributed by atoms with Crippen LogP contribution in [0.1, 0.15) is 0 Å². The first-order valence-corrected chi connectivity index (χ1v) is 6.64. The molecule has 0 spiro atoms. The molecule has 0 atom stereocenters. The quantitative estimate of drug-likeness (QED) is 0.850. The van der Waals surface area contributed by atoms with E-state index in [9.17, 15) is 17.9 Å². The summed E-state index contributed by atoms with van der Waals surface area (Å²) in [6.07, 6.45) is 0.844. The Bertz CT molecular complexity index is 709. The topological polar surface area (TPSA) is 106 Å². The lowest BCUT2D eigenvalue weighted by Crippen LogP contribution is -2.01. The van der Waals surface area contributed by atoms with E-state index in [1.165, 1.54) is 12.1 Å². The van der Waals surface area contributed by atoms with E-state index in [0.717, 1.165) is 12.3 Å². The fourth-order valence-corrected chi connectivity index (χ4v) is 2.18. The number of phenols is 1. The zero-order valence-corrected chi connectivity index (χ0v) is 10.0. The maximum absolute atomic E-state index is 13.7. The molecule has 2 rings (SSSR count). The standard InChI is InChI=1S/C10H9FN2O4S/c1-18(15,16)7-3-2-5(10(14)9(7)11)6-4-8(12)13-17-6/h2-4,14H,1H3,(H2,12,13). The highest BCUT2D eigenvalue weighted by atomic mass is 32.2. The molecule has 2 aromatic rings. The zero-order chi connectivity index (χ0) is 13.5. The predicted molar refractivity (Wildman–Crippen MR) is 61.1 cm³/mol. The Morgan fingerprint density at radius 1 is 1.44 bits per heavy atom. The Balaban J connectivity index is 2.65. The number of nitrogen functional groups attached to an aromatic ring is 1. The van der Waals surface area contributed by atoms with Gasteiger partial charge < -0.3 is 15.4 Å². The van der Waals surface area contributed by atoms with Crippen LogP contribution in [0, 0.1) is 5.82 Å². The van der Waals surface area contributed by atoms with Crippen LogP contribution in [0.25, 0.3) is 11.3 Å². The van der Waals surface area contributed by atoms with Gasteiger partial charge in [-0.1, -0.05) is 5.16 Å². The molecule has 18 heavy (non-hydrogen) atoms. The second-order valence-electron chi connectivity index (χ2n) is 3.66. The SMILES string of the molecule is CS(=O)(=O)c1ccc(-c2cc(N)no2)c(O)c1F. The lowest BCUT2D eigenvalue weighted by atomic mass is 10.1. The van der Waals surface area contributed by atoms with E-state index in [1.54, 1.807) is 0 Å². The molecule has 0 aliphatic carbocycles. The maximum Gasteiger partial charge on any atom is 0.184 e. The Kier molecular flexibility index (Phi) is 2.74. The molecule has 96 valence electrons. The van der Waals surface area contributed by atoms with Gasteiger partial charge in [-0.05, 0) is 12.1 Å². The Morgan fingerprint density at radius 2 is 2.11 bits per heavy atom. The van der Waals surface area contributed by atoms with Crippen molar-refractivity contribution >= 4 is 15.7 Å². The van der Waals surface area contributed by atoms with Gasteiger partial charge in [0, 0.05) is 12.3 Å². The molecule has 0 saturated heterocycles. The van der Waals surface area contributed by atoms with Gasteiger partial charge in [0.15, 0.2) is 33.0 Å². The van der Waals surface area contributed by atoms with Gasteiger partial charge in [-0.3, -0.25) is 0 Å². The van der Waals surface area contributed by atoms with Crippen molar-refractivity contribution in [3.8, 4) is 17.1 Å². The average Bonchev–Trinajstić information content (AvgIpc) is 2.67. The third-order valence-electron chi connectivity index (χ3n) is 2.27. The molecule has 0 aliphatic heterocycles. The number of sulfone groups is 1. The van der Waals surface area contributed by atoms with Gasteiger partial charge in [-0.25, -0.2) is 12.8 Å². The molecule has 0 saturated carbocycles. The Labute approximate surface area is 102 Å². The highest BCUT2D eigenvalue weighted by Crippen LogP contribution is 2.35. The average molecular weight is 272 g/mol. The van der Waals surface area contributed by atoms with E-state index in [1.807, 2.05) is 0 Å². The largest absolute Gasteiger partial charge is 0.504 e. The Hall–Kier alpha value is -2.09. The van der Waals surface area contributed by atoms with Crippen LogP contribution in [0.4, 0.5) is 10.2 Å². The first kappa shape index (κ1) is 12.4. The summed E-state index contributed by atoms with van der Waals surface area (Å²) >= 11 is 0. The molecule has 6 nitrogen and oxygen atoms in total. The van der Waals surface area contributed by atoms with E-state index in [2.05, 4.69) is 5.16 Å². The third-order valence-corrected chi connectivity index (χ3v) is 3.39. The first-order valence-electron chi connectivity index (χ1n) is 4.75. The number of nitrogens with zero attached hydrogens (tertiary/aromatic N) is 1. The van der Waals surface area contributed by atoms with Crippen LogP contribution in [0.15, 0.2) is 27.6 Å². The minimum Gasteiger partial charge on any atom is -0.504 e. The number of anilines is 1. The van der Waals surface area contributed by atoms with Gasteiger partial charge in [0.25, 0.3) is 0 Å². The van der Waals surface area contributed by atoms with Crippen LogP contribution < -0.4 is 5.73 Å². The molecule has 0 unspecified atom stereocenters. The van der Waals surface area contributed by atoms with E-state index >= 15 is 0 Å². The summed E-state index contributed by atoms with van der Waals surface area (Å²) in [6, 6.07) is 3.54. The van der Waals surface area contributed by atoms with Crippen molar-refractivity contribution in [1.82, 2.24) is 5.16 Å². The number of benzene rings is 1. The summed E-state index contributed by atoms with van der Waals surface area (Å²) in [7, 11) is -3.76. The summed E-state index contributed by atoms with van der Waals surface area (Å²) in [4.78, 5) is -0.587. The van der Waals surface area contributed by atoms with Crippen molar-refractivity contribution < 1.29 is 22.4 Å². The minimum atomic E-state index is -3.76. The maximum atomic E-state index is 13.7. The van der Waals surface area contributed by atoms with Crippen molar-refractivity contribution in [2.24, 2.45) is 0 Å². The molecule has 0 bridgehead atoms. The van der Waals surface area contributed by atoms with E-state index in [0.29, 0.717) is 0 Å². The number of nitrogens with two attached hydrogens (primary N) is 1. The van der Waals surface area contributed by atoms with Gasteiger partial charge in [0.1, 0.15) is 4.90 Å². The molecular formula is C10H9FN2O4S. The Morgan fingerprint density at radius 3 is 2.61 bits per heavy atom. The first-order chi connectivity index (χ1) is 8.30. The van der Waals surface area contributed by atoms with Gasteiger partial charge in [0.05, 0.1) is 5.56 Å². The summed E-state index contributed by atoms with van der Waals surface area (Å²) in [5.41, 5.74) is 5.30. The van der Waals surface area contributed by atoms with Gasteiger partial charge in [0.2, 0.25) is 0 Å². The highest BCUT2D eigenvalue weighted by Gasteiger charge is 2.21. The van der Waals surface area contributed by atoms with Gasteiger partial charge >= 0.3 is 0 Å². The summed E-state index contributed by atoms with van der Waals surface area (Å²) in [5, 5.41) is 13.0. The second-order valence-corrected chi connectivity index (χ2v) is 5.65. The number of halogens is 1. The molecule has 0 aliphatic rings. The number of aromatic hydroxyl groups is 1. The van der Waals surface area contributed by atoms with Crippen molar-refractivity contribution in [3.63, 3.8) is 0 Å². The molecule has 1 aromatic heterocycles. The monoisotopic (exact) mass is 272 g/mol. The van der Waals surface area contributed by atoms with Crippen molar-refractivity contribution in [1.29, 1.82) is 0 Å². The molecule has 8 heteroatoms. The van der Waals surface area contributed by atoms with Crippen LogP contribution in [0.2, 0.25) is 0 Å². The third kappa shape index (κ3) is 2.02. The zero-order valence-electron chi connectivity index (χ0n) is 9.21. The number of rotatable bonds is 2. The van der Waals surface area contributed by atoms with Gasteiger partial charge in [-0.2, -0.15) is 0 Å². The number of phenolic OH excluding ortho intramolecular Hbond substituents is 1. The summed E-state index contributed by atoms with van der Waals surface area (Å²) < 4.78 is 41.0. The van der Waals surface area contributed by atoms with Crippen LogP contribution in [0.5, 0.6) is 5.75 Å². The second kappa shape index (κ2) is 3.98. The smallest absolute Gasteiger partial charge is 0.184 e. The molecule has 0 radical (unpaired) electrons. The van der Waals surface area contributed by atoms with E-state index in [4.69, 9.17) is 10.3 Å². The minimum absolute atomic E-state index is 0.0240. The van der Waals surface area contributed by atoms with Crippen LogP contribution in [0.3, 0.4) is 0 Å². The fourth-order valence-electron chi connectivity index (χ4n) is 1.45. The molecule has 0 amide bonds. The van der Waals surface area contributed by atoms with Crippen LogP contribution in [-0.4, -0.2) is 24.9 Å². The fraction of sp³-hybridized carbons (Fsp3) is 0.100. The normalized spacial score (nSPS) is 11.7. The summed E-state index contributed by atoms with van der Waals surface area (Å²) in [6.45, 7) is 0. The van der Waals surface area contributed by atoms with E-state index in [-0.39, 0.29) is 17.1 Å². The van der Waals surface area contributed by atoms with Crippen LogP contribution >= 0.6 is 0 Å². The predicted octanol–water partition coefficient (Wildman–Crippen LogP) is 1.17. The lowest BCUT2D eigenvalue weighted by Gasteiger charge is -2.05. The van der Waals surface area contributed by atoms with Gasteiger partial charge in [-0.15, -0.1) is 0 Å². The number of hydrogen-bond acceptors (Lipinski definition) is 6. The van der Waals surface area contributed by atoms with E-state index < -0.39 is 26.3 Å². The van der Waals surface area contributed by atoms with Crippen LogP contribution in [-0.2, 0) is 9.84 Å². The molecule has 0 fully saturated rings. The van der Waals surface area contributed by atoms with Crippen molar-refractivity contribution in [3.05, 3.63) is 24.0 Å². The van der Waals surface area contributed by atoms with Crippen molar-refractivity contribution in [2.75, 3.05) is 12.0 Å². The lowest BCUT2D eigenvalue weighted by molar-refractivity contribution is 0.411. The summed E-state index contributed by atoms with van der Waals surface area (Å²) in [5.74, 6) is -1.94.